The molecule has 1 aliphatic rings. The zero-order valence-corrected chi connectivity index (χ0v) is 13.8. The van der Waals surface area contributed by atoms with Crippen molar-refractivity contribution in [1.29, 1.82) is 0 Å². The van der Waals surface area contributed by atoms with Gasteiger partial charge in [0.1, 0.15) is 0 Å². The molecule has 2 aromatic rings. The molecule has 128 valence electrons. The lowest BCUT2D eigenvalue weighted by atomic mass is 10.1. The Morgan fingerprint density at radius 1 is 1.38 bits per heavy atom. The molecule has 6 nitrogen and oxygen atoms in total. The lowest BCUT2D eigenvalue weighted by Crippen LogP contribution is -2.38. The molecule has 0 unspecified atom stereocenters. The van der Waals surface area contributed by atoms with Gasteiger partial charge >= 0.3 is 0 Å². The van der Waals surface area contributed by atoms with Gasteiger partial charge in [-0.2, -0.15) is 5.10 Å². The summed E-state index contributed by atoms with van der Waals surface area (Å²) in [6, 6.07) is 9.75. The molecule has 0 aliphatic carbocycles. The number of aryl methyl sites for hydroxylation is 1. The Kier molecular flexibility index (Phi) is 5.27. The summed E-state index contributed by atoms with van der Waals surface area (Å²) in [7, 11) is 1.64. The van der Waals surface area contributed by atoms with Crippen molar-refractivity contribution in [2.45, 2.75) is 31.4 Å². The molecule has 0 bridgehead atoms. The third-order valence-electron chi connectivity index (χ3n) is 4.52. The minimum atomic E-state index is -0.130. The molecule has 0 spiro atoms. The molecule has 24 heavy (non-hydrogen) atoms. The highest BCUT2D eigenvalue weighted by molar-refractivity contribution is 5.77. The predicted molar refractivity (Wildman–Crippen MR) is 89.9 cm³/mol. The first-order chi connectivity index (χ1) is 11.7. The van der Waals surface area contributed by atoms with Gasteiger partial charge in [0.2, 0.25) is 5.91 Å². The number of carbonyl (C=O) groups excluding carboxylic acids is 1. The number of aliphatic hydroxyl groups excluding tert-OH is 1. The molecule has 1 fully saturated rings. The SMILES string of the molecule is CO[C@H]1C[C@@H](CO)N(C(=O)CCc2cnn(-c3ccccc3)c2)C1. The van der Waals surface area contributed by atoms with Crippen LogP contribution in [0.5, 0.6) is 0 Å². The molecule has 2 atom stereocenters. The predicted octanol–water partition coefficient (Wildman–Crippen LogP) is 1.41. The monoisotopic (exact) mass is 329 g/mol. The van der Waals surface area contributed by atoms with Crippen LogP contribution in [0.25, 0.3) is 5.69 Å². The van der Waals surface area contributed by atoms with E-state index in [2.05, 4.69) is 5.10 Å². The summed E-state index contributed by atoms with van der Waals surface area (Å²) in [6.45, 7) is 0.543. The fourth-order valence-electron chi connectivity index (χ4n) is 3.13. The number of hydrogen-bond acceptors (Lipinski definition) is 4. The van der Waals surface area contributed by atoms with Gasteiger partial charge in [-0.3, -0.25) is 4.79 Å². The number of amides is 1. The molecule has 0 saturated carbocycles. The first-order valence-electron chi connectivity index (χ1n) is 8.23. The number of carbonyl (C=O) groups is 1. The number of nitrogens with zero attached hydrogens (tertiary/aromatic N) is 3. The second-order valence-corrected chi connectivity index (χ2v) is 6.10. The Balaban J connectivity index is 1.58. The molecule has 0 radical (unpaired) electrons. The molecule has 1 aliphatic heterocycles. The number of hydrogen-bond donors (Lipinski definition) is 1. The molecule has 6 heteroatoms. The van der Waals surface area contributed by atoms with Crippen LogP contribution in [0.1, 0.15) is 18.4 Å². The third kappa shape index (κ3) is 3.66. The zero-order valence-electron chi connectivity index (χ0n) is 13.8. The van der Waals surface area contributed by atoms with E-state index in [1.165, 1.54) is 0 Å². The lowest BCUT2D eigenvalue weighted by molar-refractivity contribution is -0.133. The third-order valence-corrected chi connectivity index (χ3v) is 4.52. The number of likely N-dealkylation sites (tertiary alicyclic amines) is 1. The van der Waals surface area contributed by atoms with E-state index in [1.54, 1.807) is 18.2 Å². The Morgan fingerprint density at radius 2 is 2.17 bits per heavy atom. The van der Waals surface area contributed by atoms with Crippen LogP contribution in [-0.2, 0) is 16.0 Å². The lowest BCUT2D eigenvalue weighted by Gasteiger charge is -2.22. The first kappa shape index (κ1) is 16.7. The fraction of sp³-hybridized carbons (Fsp3) is 0.444. The maximum atomic E-state index is 12.5. The normalized spacial score (nSPS) is 20.5. The minimum Gasteiger partial charge on any atom is -0.394 e. The Morgan fingerprint density at radius 3 is 2.88 bits per heavy atom. The molecule has 3 rings (SSSR count). The number of methoxy groups -OCH3 is 1. The highest BCUT2D eigenvalue weighted by atomic mass is 16.5. The molecular weight excluding hydrogens is 306 g/mol. The van der Waals surface area contributed by atoms with Crippen LogP contribution in [-0.4, -0.2) is 58.1 Å². The van der Waals surface area contributed by atoms with Gasteiger partial charge in [0, 0.05) is 26.3 Å². The quantitative estimate of drug-likeness (QED) is 0.870. The Bertz CT molecular complexity index is 671. The van der Waals surface area contributed by atoms with Crippen LogP contribution < -0.4 is 0 Å². The van der Waals surface area contributed by atoms with Gasteiger partial charge < -0.3 is 14.7 Å². The van der Waals surface area contributed by atoms with E-state index in [-0.39, 0.29) is 24.7 Å². The number of aromatic nitrogens is 2. The van der Waals surface area contributed by atoms with Crippen LogP contribution in [0.3, 0.4) is 0 Å². The number of rotatable bonds is 6. The number of ether oxygens (including phenoxy) is 1. The maximum absolute atomic E-state index is 12.5. The highest BCUT2D eigenvalue weighted by Gasteiger charge is 2.34. The summed E-state index contributed by atoms with van der Waals surface area (Å²) < 4.78 is 7.13. The summed E-state index contributed by atoms with van der Waals surface area (Å²) in [5, 5.41) is 13.8. The minimum absolute atomic E-state index is 0.0163. The molecular formula is C18H23N3O3. The molecule has 1 N–H and O–H groups in total. The summed E-state index contributed by atoms with van der Waals surface area (Å²) in [5.41, 5.74) is 2.02. The smallest absolute Gasteiger partial charge is 0.223 e. The highest BCUT2D eigenvalue weighted by Crippen LogP contribution is 2.21. The zero-order chi connectivity index (χ0) is 16.9. The second kappa shape index (κ2) is 7.59. The van der Waals surface area contributed by atoms with Crippen molar-refractivity contribution < 1.29 is 14.6 Å². The van der Waals surface area contributed by atoms with Crippen molar-refractivity contribution in [3.63, 3.8) is 0 Å². The molecule has 1 saturated heterocycles. The van der Waals surface area contributed by atoms with Crippen LogP contribution in [0.2, 0.25) is 0 Å². The summed E-state index contributed by atoms with van der Waals surface area (Å²) in [6.07, 6.45) is 5.52. The number of para-hydroxylation sites is 1. The van der Waals surface area contributed by atoms with Gasteiger partial charge in [0.05, 0.1) is 30.6 Å². The van der Waals surface area contributed by atoms with E-state index in [0.717, 1.165) is 11.3 Å². The van der Waals surface area contributed by atoms with Crippen molar-refractivity contribution in [1.82, 2.24) is 14.7 Å². The summed E-state index contributed by atoms with van der Waals surface area (Å²) >= 11 is 0. The van der Waals surface area contributed by atoms with Crippen molar-refractivity contribution in [3.05, 3.63) is 48.3 Å². The molecule has 1 amide bonds. The van der Waals surface area contributed by atoms with Gasteiger partial charge in [-0.1, -0.05) is 18.2 Å². The average molecular weight is 329 g/mol. The van der Waals surface area contributed by atoms with Crippen LogP contribution in [0, 0.1) is 0 Å². The second-order valence-electron chi connectivity index (χ2n) is 6.10. The molecule has 1 aromatic heterocycles. The summed E-state index contributed by atoms with van der Waals surface area (Å²) in [5.74, 6) is 0.0565. The van der Waals surface area contributed by atoms with E-state index in [0.29, 0.717) is 25.8 Å². The fourth-order valence-corrected chi connectivity index (χ4v) is 3.13. The van der Waals surface area contributed by atoms with E-state index >= 15 is 0 Å². The molecule has 2 heterocycles. The van der Waals surface area contributed by atoms with Crippen LogP contribution >= 0.6 is 0 Å². The van der Waals surface area contributed by atoms with Crippen LogP contribution in [0.15, 0.2) is 42.7 Å². The van der Waals surface area contributed by atoms with E-state index in [1.807, 2.05) is 41.2 Å². The van der Waals surface area contributed by atoms with Crippen molar-refractivity contribution in [3.8, 4) is 5.69 Å². The Hall–Kier alpha value is -2.18. The van der Waals surface area contributed by atoms with Crippen molar-refractivity contribution in [2.75, 3.05) is 20.3 Å². The van der Waals surface area contributed by atoms with E-state index in [4.69, 9.17) is 4.74 Å². The summed E-state index contributed by atoms with van der Waals surface area (Å²) in [4.78, 5) is 14.2. The Labute approximate surface area is 141 Å². The van der Waals surface area contributed by atoms with E-state index < -0.39 is 0 Å². The van der Waals surface area contributed by atoms with Crippen molar-refractivity contribution in [2.24, 2.45) is 0 Å². The molecule has 1 aromatic carbocycles. The van der Waals surface area contributed by atoms with Gasteiger partial charge in [-0.25, -0.2) is 4.68 Å². The largest absolute Gasteiger partial charge is 0.394 e. The van der Waals surface area contributed by atoms with Gasteiger partial charge in [-0.15, -0.1) is 0 Å². The van der Waals surface area contributed by atoms with Gasteiger partial charge in [0.15, 0.2) is 0 Å². The van der Waals surface area contributed by atoms with E-state index in [9.17, 15) is 9.90 Å². The topological polar surface area (TPSA) is 67.6 Å². The van der Waals surface area contributed by atoms with Crippen molar-refractivity contribution >= 4 is 5.91 Å². The standard InChI is InChI=1S/C18H23N3O3/c1-24-17-9-16(13-22)20(12-17)18(23)8-7-14-10-19-21(11-14)15-5-3-2-4-6-15/h2-6,10-11,16-17,22H,7-9,12-13H2,1H3/t16-,17-/m0/s1. The number of benzene rings is 1. The van der Waals surface area contributed by atoms with Gasteiger partial charge in [0.25, 0.3) is 0 Å². The van der Waals surface area contributed by atoms with Crippen LogP contribution in [0.4, 0.5) is 0 Å². The first-order valence-corrected chi connectivity index (χ1v) is 8.23. The average Bonchev–Trinajstić information content (AvgIpc) is 3.27. The van der Waals surface area contributed by atoms with Gasteiger partial charge in [-0.05, 0) is 30.5 Å². The number of aliphatic hydroxyl groups is 1. The maximum Gasteiger partial charge on any atom is 0.223 e.